The monoisotopic (exact) mass is 464 g/mol. The second kappa shape index (κ2) is 9.22. The number of rotatable bonds is 7. The number of aromatic nitrogens is 2. The van der Waals surface area contributed by atoms with E-state index in [4.69, 9.17) is 25.9 Å². The maximum absolute atomic E-state index is 11.3. The van der Waals surface area contributed by atoms with Gasteiger partial charge in [-0.15, -0.1) is 0 Å². The first-order valence-corrected chi connectivity index (χ1v) is 11.7. The van der Waals surface area contributed by atoms with E-state index < -0.39 is 6.23 Å². The molecule has 0 radical (unpaired) electrons. The van der Waals surface area contributed by atoms with E-state index in [9.17, 15) is 5.11 Å². The van der Waals surface area contributed by atoms with Crippen molar-refractivity contribution in [1.29, 1.82) is 0 Å². The molecule has 2 aromatic carbocycles. The molecule has 1 aliphatic rings. The SMILES string of the molecule is NCCCN(c1nc2ccc(-c3cc[nH+]c(N)c3)cc2s1)C(O)c1ccc2c(c1)OCCO2. The molecule has 0 amide bonds. The molecule has 6 N–H and O–H groups in total. The van der Waals surface area contributed by atoms with E-state index in [1.807, 2.05) is 53.6 Å². The minimum Gasteiger partial charge on any atom is -0.486 e. The Morgan fingerprint density at radius 1 is 1.06 bits per heavy atom. The lowest BCUT2D eigenvalue weighted by atomic mass is 10.1. The molecule has 0 spiro atoms. The highest BCUT2D eigenvalue weighted by Crippen LogP contribution is 2.38. The molecule has 0 aliphatic carbocycles. The predicted molar refractivity (Wildman–Crippen MR) is 129 cm³/mol. The number of fused-ring (bicyclic) bond motifs is 2. The minimum atomic E-state index is -0.892. The van der Waals surface area contributed by atoms with Crippen LogP contribution in [0.4, 0.5) is 10.9 Å². The first kappa shape index (κ1) is 21.4. The molecule has 0 saturated heterocycles. The summed E-state index contributed by atoms with van der Waals surface area (Å²) in [6, 6.07) is 15.5. The fourth-order valence-corrected chi connectivity index (χ4v) is 4.92. The van der Waals surface area contributed by atoms with E-state index in [0.717, 1.165) is 32.9 Å². The number of pyridine rings is 1. The topological polar surface area (TPSA) is 121 Å². The Morgan fingerprint density at radius 2 is 1.88 bits per heavy atom. The second-order valence-electron chi connectivity index (χ2n) is 7.82. The molecule has 1 atom stereocenters. The van der Waals surface area contributed by atoms with Crippen LogP contribution in [-0.2, 0) is 0 Å². The van der Waals surface area contributed by atoms with Gasteiger partial charge in [-0.3, -0.25) is 5.73 Å². The van der Waals surface area contributed by atoms with Crippen LogP contribution in [-0.4, -0.2) is 36.4 Å². The van der Waals surface area contributed by atoms with Crippen LogP contribution in [0.25, 0.3) is 21.3 Å². The lowest BCUT2D eigenvalue weighted by molar-refractivity contribution is -0.360. The highest BCUT2D eigenvalue weighted by Gasteiger charge is 2.23. The molecule has 3 heterocycles. The first-order valence-electron chi connectivity index (χ1n) is 10.8. The van der Waals surface area contributed by atoms with E-state index in [0.29, 0.717) is 49.2 Å². The van der Waals surface area contributed by atoms with Crippen molar-refractivity contribution in [1.82, 2.24) is 4.98 Å². The van der Waals surface area contributed by atoms with Crippen LogP contribution in [0.1, 0.15) is 18.2 Å². The molecule has 2 aromatic heterocycles. The summed E-state index contributed by atoms with van der Waals surface area (Å²) in [5.41, 5.74) is 15.4. The average Bonchev–Trinajstić information content (AvgIpc) is 3.27. The zero-order valence-corrected chi connectivity index (χ0v) is 18.8. The van der Waals surface area contributed by atoms with Gasteiger partial charge < -0.3 is 25.2 Å². The van der Waals surface area contributed by atoms with Gasteiger partial charge in [-0.1, -0.05) is 23.5 Å². The first-order chi connectivity index (χ1) is 16.1. The van der Waals surface area contributed by atoms with Crippen molar-refractivity contribution in [2.24, 2.45) is 5.73 Å². The van der Waals surface area contributed by atoms with Crippen molar-refractivity contribution in [3.63, 3.8) is 0 Å². The Balaban J connectivity index is 1.48. The smallest absolute Gasteiger partial charge is 0.270 e. The summed E-state index contributed by atoms with van der Waals surface area (Å²) in [7, 11) is 0. The third-order valence-corrected chi connectivity index (χ3v) is 6.60. The molecule has 1 unspecified atom stereocenters. The maximum atomic E-state index is 11.3. The highest BCUT2D eigenvalue weighted by atomic mass is 32.1. The van der Waals surface area contributed by atoms with E-state index in [1.165, 1.54) is 11.3 Å². The van der Waals surface area contributed by atoms with E-state index in [-0.39, 0.29) is 0 Å². The summed E-state index contributed by atoms with van der Waals surface area (Å²) < 4.78 is 12.3. The number of nitrogens with one attached hydrogen (secondary N) is 1. The number of nitrogens with zero attached hydrogens (tertiary/aromatic N) is 2. The van der Waals surface area contributed by atoms with Gasteiger partial charge >= 0.3 is 0 Å². The van der Waals surface area contributed by atoms with Crippen molar-refractivity contribution in [2.75, 3.05) is 36.9 Å². The molecule has 170 valence electrons. The zero-order valence-electron chi connectivity index (χ0n) is 18.0. The summed E-state index contributed by atoms with van der Waals surface area (Å²) in [4.78, 5) is 9.67. The molecular formula is C24H26N5O3S+. The highest BCUT2D eigenvalue weighted by molar-refractivity contribution is 7.22. The maximum Gasteiger partial charge on any atom is 0.270 e. The molecule has 0 saturated carbocycles. The minimum absolute atomic E-state index is 0.495. The number of hydrogen-bond donors (Lipinski definition) is 3. The van der Waals surface area contributed by atoms with Gasteiger partial charge in [-0.25, -0.2) is 9.97 Å². The number of aromatic amines is 1. The van der Waals surface area contributed by atoms with Crippen molar-refractivity contribution < 1.29 is 19.6 Å². The Labute approximate surface area is 195 Å². The zero-order chi connectivity index (χ0) is 22.8. The Kier molecular flexibility index (Phi) is 5.99. The molecule has 0 fully saturated rings. The van der Waals surface area contributed by atoms with Crippen molar-refractivity contribution in [2.45, 2.75) is 12.6 Å². The van der Waals surface area contributed by atoms with Gasteiger partial charge in [0.05, 0.1) is 16.4 Å². The standard InChI is InChI=1S/C24H25N5O3S/c25-7-1-9-29(23(30)17-3-5-19-20(12-17)32-11-10-31-19)24-28-18-4-2-15(13-21(18)33-24)16-6-8-27-22(26)14-16/h2-6,8,12-14,23,30H,1,7,9-11,25H2,(H2,26,27)/p+1. The fourth-order valence-electron chi connectivity index (χ4n) is 3.86. The third kappa shape index (κ3) is 4.43. The molecular weight excluding hydrogens is 438 g/mol. The number of nitrogens with two attached hydrogens (primary N) is 2. The Bertz CT molecular complexity index is 1280. The lowest BCUT2D eigenvalue weighted by Gasteiger charge is -2.28. The van der Waals surface area contributed by atoms with Crippen LogP contribution in [0.3, 0.4) is 0 Å². The lowest BCUT2D eigenvalue weighted by Crippen LogP contribution is -2.31. The van der Waals surface area contributed by atoms with Crippen LogP contribution in [0.2, 0.25) is 0 Å². The number of aliphatic hydroxyl groups excluding tert-OH is 1. The average molecular weight is 465 g/mol. The van der Waals surface area contributed by atoms with Crippen LogP contribution in [0.5, 0.6) is 11.5 Å². The molecule has 33 heavy (non-hydrogen) atoms. The number of ether oxygens (including phenoxy) is 2. The molecule has 1 aliphatic heterocycles. The van der Waals surface area contributed by atoms with Crippen molar-refractivity contribution in [3.8, 4) is 22.6 Å². The molecule has 5 rings (SSSR count). The summed E-state index contributed by atoms with van der Waals surface area (Å²) >= 11 is 1.54. The van der Waals surface area contributed by atoms with E-state index in [1.54, 1.807) is 0 Å². The van der Waals surface area contributed by atoms with E-state index in [2.05, 4.69) is 11.1 Å². The van der Waals surface area contributed by atoms with Gasteiger partial charge in [0.1, 0.15) is 13.2 Å². The Hall–Kier alpha value is -3.40. The number of aliphatic hydroxyl groups is 1. The van der Waals surface area contributed by atoms with Crippen LogP contribution in [0.15, 0.2) is 54.7 Å². The summed E-state index contributed by atoms with van der Waals surface area (Å²) in [6.45, 7) is 2.11. The molecule has 8 nitrogen and oxygen atoms in total. The van der Waals surface area contributed by atoms with Crippen molar-refractivity contribution >= 4 is 32.5 Å². The molecule has 9 heteroatoms. The van der Waals surface area contributed by atoms with Gasteiger partial charge in [0.15, 0.2) is 22.9 Å². The van der Waals surface area contributed by atoms with Crippen LogP contribution < -0.4 is 30.8 Å². The molecule has 4 aromatic rings. The quantitative estimate of drug-likeness (QED) is 0.360. The number of thiazole rings is 1. The van der Waals surface area contributed by atoms with Gasteiger partial charge in [0.25, 0.3) is 5.82 Å². The van der Waals surface area contributed by atoms with Crippen LogP contribution in [0, 0.1) is 0 Å². The fraction of sp³-hybridized carbons (Fsp3) is 0.250. The van der Waals surface area contributed by atoms with E-state index >= 15 is 0 Å². The van der Waals surface area contributed by atoms with Gasteiger partial charge in [-0.2, -0.15) is 0 Å². The number of anilines is 2. The van der Waals surface area contributed by atoms with Gasteiger partial charge in [0.2, 0.25) is 0 Å². The number of hydrogen-bond acceptors (Lipinski definition) is 8. The largest absolute Gasteiger partial charge is 0.486 e. The normalized spacial score (nSPS) is 13.8. The van der Waals surface area contributed by atoms with Gasteiger partial charge in [0, 0.05) is 18.2 Å². The van der Waals surface area contributed by atoms with Crippen LogP contribution >= 0.6 is 11.3 Å². The number of benzene rings is 2. The second-order valence-corrected chi connectivity index (χ2v) is 8.83. The number of H-pyrrole nitrogens is 1. The number of nitrogen functional groups attached to an aromatic ring is 1. The summed E-state index contributed by atoms with van der Waals surface area (Å²) in [5, 5.41) is 12.0. The predicted octanol–water partition coefficient (Wildman–Crippen LogP) is 2.98. The van der Waals surface area contributed by atoms with Crippen molar-refractivity contribution in [3.05, 3.63) is 60.3 Å². The molecule has 0 bridgehead atoms. The summed E-state index contributed by atoms with van der Waals surface area (Å²) in [5.74, 6) is 1.94. The summed E-state index contributed by atoms with van der Waals surface area (Å²) in [6.07, 6.45) is 1.66. The third-order valence-electron chi connectivity index (χ3n) is 5.54. The Morgan fingerprint density at radius 3 is 2.70 bits per heavy atom. The van der Waals surface area contributed by atoms with Gasteiger partial charge in [-0.05, 0) is 54.4 Å².